The Kier molecular flexibility index (Phi) is 3.96. The lowest BCUT2D eigenvalue weighted by molar-refractivity contribution is 0.426. The Balaban J connectivity index is 1.63. The van der Waals surface area contributed by atoms with E-state index in [2.05, 4.69) is 45.4 Å². The van der Waals surface area contributed by atoms with Gasteiger partial charge in [-0.25, -0.2) is 4.98 Å². The van der Waals surface area contributed by atoms with Crippen molar-refractivity contribution in [1.82, 2.24) is 14.0 Å². The Morgan fingerprint density at radius 3 is 2.13 bits per heavy atom. The predicted molar refractivity (Wildman–Crippen MR) is 125 cm³/mol. The number of hydrogen-bond donors (Lipinski definition) is 2. The minimum absolute atomic E-state index is 0.448. The summed E-state index contributed by atoms with van der Waals surface area (Å²) in [7, 11) is -1.53. The van der Waals surface area contributed by atoms with Crippen molar-refractivity contribution in [3.05, 3.63) is 97.1 Å². The van der Waals surface area contributed by atoms with Crippen molar-refractivity contribution in [2.24, 2.45) is 0 Å². The molecule has 0 saturated carbocycles. The molecule has 4 aromatic carbocycles. The van der Waals surface area contributed by atoms with E-state index >= 15 is 0 Å². The van der Waals surface area contributed by atoms with E-state index in [1.807, 2.05) is 54.6 Å². The minimum Gasteiger partial charge on any atom is -0.423 e. The second kappa shape index (κ2) is 6.84. The third-order valence-corrected chi connectivity index (χ3v) is 5.76. The van der Waals surface area contributed by atoms with Gasteiger partial charge < -0.3 is 10.0 Å². The molecule has 148 valence electrons. The lowest BCUT2D eigenvalue weighted by Gasteiger charge is -2.08. The highest BCUT2D eigenvalue weighted by molar-refractivity contribution is 6.58. The van der Waals surface area contributed by atoms with Crippen LogP contribution in [0.25, 0.3) is 44.7 Å². The minimum atomic E-state index is -1.53. The van der Waals surface area contributed by atoms with Crippen molar-refractivity contribution in [2.45, 2.75) is 0 Å². The number of benzene rings is 4. The van der Waals surface area contributed by atoms with Crippen LogP contribution in [0.4, 0.5) is 0 Å². The average Bonchev–Trinajstić information content (AvgIpc) is 3.34. The van der Waals surface area contributed by atoms with E-state index < -0.39 is 7.12 Å². The van der Waals surface area contributed by atoms with Gasteiger partial charge in [0, 0.05) is 5.69 Å². The van der Waals surface area contributed by atoms with Crippen LogP contribution in [-0.2, 0) is 0 Å². The molecule has 2 heterocycles. The maximum Gasteiger partial charge on any atom is 0.488 e. The molecule has 0 aliphatic heterocycles. The molecule has 6 heteroatoms. The Hall–Kier alpha value is -3.87. The molecule has 0 bridgehead atoms. The Morgan fingerprint density at radius 2 is 1.35 bits per heavy atom. The van der Waals surface area contributed by atoms with Crippen LogP contribution in [0, 0.1) is 0 Å². The first-order valence-electron chi connectivity index (χ1n) is 10.1. The van der Waals surface area contributed by atoms with Crippen molar-refractivity contribution in [2.75, 3.05) is 0 Å². The molecule has 0 atom stereocenters. The van der Waals surface area contributed by atoms with Crippen LogP contribution < -0.4 is 5.46 Å². The number of rotatable bonds is 3. The maximum atomic E-state index is 9.71. The summed E-state index contributed by atoms with van der Waals surface area (Å²) in [6, 6.07) is 32.1. The van der Waals surface area contributed by atoms with Crippen molar-refractivity contribution in [3.63, 3.8) is 0 Å². The molecular formula is C25H18BN3O2. The van der Waals surface area contributed by atoms with Gasteiger partial charge in [-0.05, 0) is 53.0 Å². The van der Waals surface area contributed by atoms with E-state index in [1.165, 1.54) is 5.56 Å². The zero-order valence-corrected chi connectivity index (χ0v) is 16.6. The van der Waals surface area contributed by atoms with E-state index in [0.717, 1.165) is 39.1 Å². The Labute approximate surface area is 178 Å². The molecule has 5 nitrogen and oxygen atoms in total. The lowest BCUT2D eigenvalue weighted by Crippen LogP contribution is -2.29. The molecule has 2 aromatic heterocycles. The number of imidazole rings is 2. The summed E-state index contributed by atoms with van der Waals surface area (Å²) in [5.41, 5.74) is 7.46. The quantitative estimate of drug-likeness (QED) is 0.442. The Bertz CT molecular complexity index is 1550. The summed E-state index contributed by atoms with van der Waals surface area (Å²) in [6.07, 6.45) is 0. The zero-order valence-electron chi connectivity index (χ0n) is 16.6. The normalized spacial score (nSPS) is 11.5. The number of aromatic nitrogens is 3. The molecule has 0 saturated heterocycles. The van der Waals surface area contributed by atoms with Gasteiger partial charge in [-0.1, -0.05) is 60.7 Å². The largest absolute Gasteiger partial charge is 0.488 e. The molecule has 0 fully saturated rings. The number of fused-ring (bicyclic) bond motifs is 5. The molecule has 31 heavy (non-hydrogen) atoms. The average molecular weight is 403 g/mol. The van der Waals surface area contributed by atoms with Crippen LogP contribution in [0.2, 0.25) is 0 Å². The number of hydrogen-bond acceptors (Lipinski definition) is 3. The van der Waals surface area contributed by atoms with Crippen molar-refractivity contribution < 1.29 is 10.0 Å². The van der Waals surface area contributed by atoms with Crippen molar-refractivity contribution in [3.8, 4) is 16.8 Å². The zero-order chi connectivity index (χ0) is 20.9. The van der Waals surface area contributed by atoms with E-state index in [9.17, 15) is 10.0 Å². The highest BCUT2D eigenvalue weighted by Gasteiger charge is 2.19. The fourth-order valence-corrected chi connectivity index (χ4v) is 4.27. The van der Waals surface area contributed by atoms with E-state index in [1.54, 1.807) is 6.07 Å². The third-order valence-electron chi connectivity index (χ3n) is 5.76. The third kappa shape index (κ3) is 2.77. The summed E-state index contributed by atoms with van der Waals surface area (Å²) < 4.78 is 4.18. The second-order valence-electron chi connectivity index (χ2n) is 7.61. The highest BCUT2D eigenvalue weighted by Crippen LogP contribution is 2.30. The predicted octanol–water partition coefficient (Wildman–Crippen LogP) is 3.78. The topological polar surface area (TPSA) is 62.7 Å². The first-order valence-corrected chi connectivity index (χ1v) is 10.1. The van der Waals surface area contributed by atoms with Crippen LogP contribution >= 0.6 is 0 Å². The fraction of sp³-hybridized carbons (Fsp3) is 0. The van der Waals surface area contributed by atoms with Gasteiger partial charge in [-0.2, -0.15) is 0 Å². The molecule has 6 aromatic rings. The first-order chi connectivity index (χ1) is 15.2. The number of nitrogens with zero attached hydrogens (tertiary/aromatic N) is 3. The summed E-state index contributed by atoms with van der Waals surface area (Å²) in [6.45, 7) is 0. The maximum absolute atomic E-state index is 9.71. The summed E-state index contributed by atoms with van der Waals surface area (Å²) in [4.78, 5) is 4.88. The van der Waals surface area contributed by atoms with Gasteiger partial charge in [-0.3, -0.25) is 8.97 Å². The van der Waals surface area contributed by atoms with Crippen molar-refractivity contribution >= 4 is 40.4 Å². The summed E-state index contributed by atoms with van der Waals surface area (Å²) >= 11 is 0. The molecular weight excluding hydrogens is 385 g/mol. The second-order valence-corrected chi connectivity index (χ2v) is 7.61. The SMILES string of the molecule is OB(O)c1ccc2c(c1)n1c3ccccc3nc1n2-c1ccc(-c2ccccc2)cc1. The Morgan fingerprint density at radius 1 is 0.645 bits per heavy atom. The lowest BCUT2D eigenvalue weighted by atomic mass is 9.80. The van der Waals surface area contributed by atoms with Crippen LogP contribution in [0.5, 0.6) is 0 Å². The van der Waals surface area contributed by atoms with Crippen LogP contribution in [0.3, 0.4) is 0 Å². The summed E-state index contributed by atoms with van der Waals surface area (Å²) in [5, 5.41) is 19.4. The molecule has 2 N–H and O–H groups in total. The van der Waals surface area contributed by atoms with Crippen LogP contribution in [-0.4, -0.2) is 31.1 Å². The van der Waals surface area contributed by atoms with Gasteiger partial charge in [0.1, 0.15) is 0 Å². The highest BCUT2D eigenvalue weighted by atomic mass is 16.4. The molecule has 0 aliphatic rings. The van der Waals surface area contributed by atoms with Crippen LogP contribution in [0.1, 0.15) is 0 Å². The fourth-order valence-electron chi connectivity index (χ4n) is 4.27. The molecule has 0 aliphatic carbocycles. The monoisotopic (exact) mass is 403 g/mol. The van der Waals surface area contributed by atoms with E-state index in [0.29, 0.717) is 5.46 Å². The van der Waals surface area contributed by atoms with Crippen molar-refractivity contribution in [1.29, 1.82) is 0 Å². The van der Waals surface area contributed by atoms with Gasteiger partial charge in [0.05, 0.1) is 22.1 Å². The number of para-hydroxylation sites is 2. The molecule has 0 unspecified atom stereocenters. The van der Waals surface area contributed by atoms with E-state index in [4.69, 9.17) is 4.98 Å². The van der Waals surface area contributed by atoms with Gasteiger partial charge in [0.15, 0.2) is 0 Å². The first kappa shape index (κ1) is 17.9. The van der Waals surface area contributed by atoms with Gasteiger partial charge in [0.2, 0.25) is 5.78 Å². The molecule has 0 radical (unpaired) electrons. The van der Waals surface area contributed by atoms with Crippen LogP contribution in [0.15, 0.2) is 97.1 Å². The smallest absolute Gasteiger partial charge is 0.423 e. The molecule has 0 amide bonds. The molecule has 6 rings (SSSR count). The standard InChI is InChI=1S/C25H18BN3O2/c30-26(31)19-12-15-23-24(16-19)29-22-9-5-4-8-21(22)27-25(29)28(23)20-13-10-18(11-14-20)17-6-2-1-3-7-17/h1-16,30-31H. The van der Waals surface area contributed by atoms with Gasteiger partial charge in [0.25, 0.3) is 0 Å². The van der Waals surface area contributed by atoms with Gasteiger partial charge >= 0.3 is 7.12 Å². The molecule has 0 spiro atoms. The van der Waals surface area contributed by atoms with Gasteiger partial charge in [-0.15, -0.1) is 0 Å². The van der Waals surface area contributed by atoms with E-state index in [-0.39, 0.29) is 0 Å². The summed E-state index contributed by atoms with van der Waals surface area (Å²) in [5.74, 6) is 0.785.